The molecule has 1 saturated carbocycles. The van der Waals surface area contributed by atoms with Crippen molar-refractivity contribution in [3.05, 3.63) is 53.6 Å². The van der Waals surface area contributed by atoms with Gasteiger partial charge in [0.1, 0.15) is 5.75 Å². The van der Waals surface area contributed by atoms with Crippen molar-refractivity contribution >= 4 is 34.8 Å². The van der Waals surface area contributed by atoms with Crippen molar-refractivity contribution in [2.24, 2.45) is 11.8 Å². The molecule has 0 unspecified atom stereocenters. The summed E-state index contributed by atoms with van der Waals surface area (Å²) in [4.78, 5) is 25.0. The Kier molecular flexibility index (Phi) is 6.35. The second kappa shape index (κ2) is 8.91. The van der Waals surface area contributed by atoms with E-state index in [0.29, 0.717) is 42.1 Å². The van der Waals surface area contributed by atoms with Gasteiger partial charge >= 0.3 is 0 Å². The molecular weight excluding hydrogens is 364 g/mol. The Labute approximate surface area is 164 Å². The highest BCUT2D eigenvalue weighted by atomic mass is 35.5. The minimum atomic E-state index is -0.116. The zero-order valence-electron chi connectivity index (χ0n) is 15.2. The fraction of sp³-hybridized carbons (Fsp3) is 0.333. The molecule has 1 aliphatic rings. The number of ether oxygens (including phenoxy) is 1. The summed E-state index contributed by atoms with van der Waals surface area (Å²) in [5, 5.41) is 6.39. The molecule has 2 aromatic rings. The third kappa shape index (κ3) is 5.01. The predicted octanol–water partition coefficient (Wildman–Crippen LogP) is 4.73. The number of amides is 2. The zero-order chi connectivity index (χ0) is 19.2. The second-order valence-corrected chi connectivity index (χ2v) is 7.17. The van der Waals surface area contributed by atoms with Crippen molar-refractivity contribution in [1.82, 2.24) is 0 Å². The summed E-state index contributed by atoms with van der Waals surface area (Å²) >= 11 is 6.01. The van der Waals surface area contributed by atoms with Gasteiger partial charge in [0.25, 0.3) is 0 Å². The van der Waals surface area contributed by atoms with Crippen molar-refractivity contribution in [1.29, 1.82) is 0 Å². The van der Waals surface area contributed by atoms with E-state index in [-0.39, 0.29) is 23.7 Å². The van der Waals surface area contributed by atoms with Gasteiger partial charge in [0.15, 0.2) is 0 Å². The van der Waals surface area contributed by atoms with Gasteiger partial charge in [0, 0.05) is 22.5 Å². The number of carbonyl (C=O) groups excluding carboxylic acids is 2. The lowest BCUT2D eigenvalue weighted by molar-refractivity contribution is -0.125. The summed E-state index contributed by atoms with van der Waals surface area (Å²) in [6, 6.07) is 14.5. The van der Waals surface area contributed by atoms with E-state index >= 15 is 0 Å². The Morgan fingerprint density at radius 1 is 0.926 bits per heavy atom. The van der Waals surface area contributed by atoms with Crippen molar-refractivity contribution in [3.8, 4) is 5.75 Å². The molecule has 0 aromatic heterocycles. The lowest BCUT2D eigenvalue weighted by Gasteiger charge is -2.27. The lowest BCUT2D eigenvalue weighted by atomic mass is 9.81. The van der Waals surface area contributed by atoms with Gasteiger partial charge in [-0.15, -0.1) is 0 Å². The number of nitrogens with one attached hydrogen (secondary N) is 2. The first kappa shape index (κ1) is 19.2. The van der Waals surface area contributed by atoms with Gasteiger partial charge in [-0.3, -0.25) is 9.59 Å². The van der Waals surface area contributed by atoms with E-state index in [1.165, 1.54) is 0 Å². The van der Waals surface area contributed by atoms with Crippen molar-refractivity contribution in [3.63, 3.8) is 0 Å². The van der Waals surface area contributed by atoms with E-state index < -0.39 is 0 Å². The average Bonchev–Trinajstić information content (AvgIpc) is 2.69. The molecule has 2 amide bonds. The van der Waals surface area contributed by atoms with Crippen LogP contribution in [0, 0.1) is 11.8 Å². The quantitative estimate of drug-likeness (QED) is 0.780. The minimum Gasteiger partial charge on any atom is -0.495 e. The van der Waals surface area contributed by atoms with E-state index in [1.807, 2.05) is 30.3 Å². The maximum absolute atomic E-state index is 12.6. The summed E-state index contributed by atoms with van der Waals surface area (Å²) in [6.07, 6.45) is 2.76. The normalized spacial score (nSPS) is 19.2. The number of para-hydroxylation sites is 1. The van der Waals surface area contributed by atoms with E-state index in [2.05, 4.69) is 10.6 Å². The van der Waals surface area contributed by atoms with Crippen LogP contribution in [0.4, 0.5) is 11.4 Å². The minimum absolute atomic E-state index is 0.0246. The molecule has 0 spiro atoms. The third-order valence-corrected chi connectivity index (χ3v) is 5.16. The van der Waals surface area contributed by atoms with E-state index in [0.717, 1.165) is 5.69 Å². The topological polar surface area (TPSA) is 67.4 Å². The number of carbonyl (C=O) groups is 2. The van der Waals surface area contributed by atoms with E-state index in [1.54, 1.807) is 25.3 Å². The van der Waals surface area contributed by atoms with E-state index in [4.69, 9.17) is 16.3 Å². The molecule has 142 valence electrons. The molecule has 27 heavy (non-hydrogen) atoms. The first-order chi connectivity index (χ1) is 13.1. The summed E-state index contributed by atoms with van der Waals surface area (Å²) < 4.78 is 5.27. The van der Waals surface area contributed by atoms with Crippen LogP contribution in [0.5, 0.6) is 5.75 Å². The van der Waals surface area contributed by atoms with Crippen LogP contribution in [0.1, 0.15) is 25.7 Å². The van der Waals surface area contributed by atoms with Crippen LogP contribution in [0.25, 0.3) is 0 Å². The van der Waals surface area contributed by atoms with Crippen LogP contribution in [-0.4, -0.2) is 18.9 Å². The predicted molar refractivity (Wildman–Crippen MR) is 107 cm³/mol. The molecular formula is C21H23ClN2O3. The number of methoxy groups -OCH3 is 1. The van der Waals surface area contributed by atoms with Crippen LogP contribution in [0.2, 0.25) is 5.02 Å². The zero-order valence-corrected chi connectivity index (χ0v) is 16.0. The molecule has 0 saturated heterocycles. The highest BCUT2D eigenvalue weighted by Gasteiger charge is 2.30. The summed E-state index contributed by atoms with van der Waals surface area (Å²) in [7, 11) is 1.55. The molecule has 0 radical (unpaired) electrons. The maximum atomic E-state index is 12.6. The number of anilines is 2. The third-order valence-electron chi connectivity index (χ3n) is 4.93. The maximum Gasteiger partial charge on any atom is 0.227 e. The van der Waals surface area contributed by atoms with Gasteiger partial charge in [0.05, 0.1) is 12.8 Å². The molecule has 6 heteroatoms. The first-order valence-electron chi connectivity index (χ1n) is 9.07. The monoisotopic (exact) mass is 386 g/mol. The summed E-state index contributed by atoms with van der Waals surface area (Å²) in [5.41, 5.74) is 1.37. The Morgan fingerprint density at radius 2 is 1.52 bits per heavy atom. The molecule has 5 nitrogen and oxygen atoms in total. The van der Waals surface area contributed by atoms with Gasteiger partial charge in [-0.05, 0) is 56.0 Å². The van der Waals surface area contributed by atoms with Crippen LogP contribution >= 0.6 is 11.6 Å². The Bertz CT molecular complexity index is 802. The van der Waals surface area contributed by atoms with Crippen molar-refractivity contribution in [2.75, 3.05) is 17.7 Å². The number of rotatable bonds is 5. The largest absolute Gasteiger partial charge is 0.495 e. The van der Waals surface area contributed by atoms with Gasteiger partial charge in [-0.25, -0.2) is 0 Å². The number of benzene rings is 2. The van der Waals surface area contributed by atoms with Gasteiger partial charge in [-0.1, -0.05) is 29.8 Å². The molecule has 0 bridgehead atoms. The molecule has 1 fully saturated rings. The second-order valence-electron chi connectivity index (χ2n) is 6.74. The van der Waals surface area contributed by atoms with Gasteiger partial charge in [-0.2, -0.15) is 0 Å². The Morgan fingerprint density at radius 3 is 2.11 bits per heavy atom. The number of hydrogen-bond donors (Lipinski definition) is 2. The van der Waals surface area contributed by atoms with Crippen LogP contribution in [-0.2, 0) is 9.59 Å². The van der Waals surface area contributed by atoms with Gasteiger partial charge < -0.3 is 15.4 Å². The number of hydrogen-bond acceptors (Lipinski definition) is 3. The summed E-state index contributed by atoms with van der Waals surface area (Å²) in [6.45, 7) is 0. The average molecular weight is 387 g/mol. The van der Waals surface area contributed by atoms with Crippen LogP contribution in [0.3, 0.4) is 0 Å². The standard InChI is InChI=1S/C21H23ClN2O3/c1-27-19-12-11-16(22)13-18(19)24-21(26)15-9-7-14(8-10-15)20(25)23-17-5-3-2-4-6-17/h2-6,11-15H,7-10H2,1H3,(H,23,25)(H,24,26). The fourth-order valence-electron chi connectivity index (χ4n) is 3.40. The first-order valence-corrected chi connectivity index (χ1v) is 9.45. The van der Waals surface area contributed by atoms with Gasteiger partial charge in [0.2, 0.25) is 11.8 Å². The number of halogens is 1. The molecule has 0 atom stereocenters. The van der Waals surface area contributed by atoms with Crippen molar-refractivity contribution < 1.29 is 14.3 Å². The molecule has 2 aromatic carbocycles. The highest BCUT2D eigenvalue weighted by molar-refractivity contribution is 6.31. The smallest absolute Gasteiger partial charge is 0.227 e. The molecule has 2 N–H and O–H groups in total. The molecule has 3 rings (SSSR count). The van der Waals surface area contributed by atoms with E-state index in [9.17, 15) is 9.59 Å². The molecule has 1 aliphatic carbocycles. The molecule has 0 aliphatic heterocycles. The van der Waals surface area contributed by atoms with Crippen LogP contribution < -0.4 is 15.4 Å². The Balaban J connectivity index is 1.53. The Hall–Kier alpha value is -2.53. The SMILES string of the molecule is COc1ccc(Cl)cc1NC(=O)C1CCC(C(=O)Nc2ccccc2)CC1. The highest BCUT2D eigenvalue weighted by Crippen LogP contribution is 2.33. The van der Waals surface area contributed by atoms with Crippen LogP contribution in [0.15, 0.2) is 48.5 Å². The fourth-order valence-corrected chi connectivity index (χ4v) is 3.57. The summed E-state index contributed by atoms with van der Waals surface area (Å²) in [5.74, 6) is 0.363. The lowest BCUT2D eigenvalue weighted by Crippen LogP contribution is -2.32. The van der Waals surface area contributed by atoms with Crippen molar-refractivity contribution in [2.45, 2.75) is 25.7 Å². The molecule has 0 heterocycles.